The Balaban J connectivity index is 1.89. The van der Waals surface area contributed by atoms with E-state index in [2.05, 4.69) is 61.1 Å². The molecule has 168 valence electrons. The molecule has 2 aromatic rings. The lowest BCUT2D eigenvalue weighted by Gasteiger charge is -2.33. The van der Waals surface area contributed by atoms with Crippen molar-refractivity contribution >= 4 is 28.1 Å². The van der Waals surface area contributed by atoms with Crippen LogP contribution in [0.2, 0.25) is 0 Å². The normalized spacial score (nSPS) is 12.1. The van der Waals surface area contributed by atoms with Gasteiger partial charge in [0.25, 0.3) is 5.91 Å². The second kappa shape index (κ2) is 10.2. The lowest BCUT2D eigenvalue weighted by atomic mass is 9.72. The monoisotopic (exact) mass is 490 g/mol. The van der Waals surface area contributed by atoms with Gasteiger partial charge in [0.15, 0.2) is 18.1 Å². The highest BCUT2D eigenvalue weighted by molar-refractivity contribution is 9.10. The van der Waals surface area contributed by atoms with Crippen LogP contribution in [-0.4, -0.2) is 30.9 Å². The van der Waals surface area contributed by atoms with Gasteiger partial charge in [0.05, 0.1) is 17.8 Å². The number of carbonyl (C=O) groups excluding carboxylic acids is 1. The highest BCUT2D eigenvalue weighted by atomic mass is 79.9. The van der Waals surface area contributed by atoms with E-state index in [0.717, 1.165) is 6.42 Å². The summed E-state index contributed by atoms with van der Waals surface area (Å²) in [6.45, 7) is 11.0. The number of hydrogen-bond acceptors (Lipinski definition) is 5. The summed E-state index contributed by atoms with van der Waals surface area (Å²) in [5, 5.41) is 13.7. The lowest BCUT2D eigenvalue weighted by molar-refractivity contribution is -0.123. The third-order valence-electron chi connectivity index (χ3n) is 4.65. The van der Waals surface area contributed by atoms with Gasteiger partial charge in [0.2, 0.25) is 0 Å². The number of methoxy groups -OCH3 is 1. The van der Waals surface area contributed by atoms with E-state index in [4.69, 9.17) is 9.47 Å². The fourth-order valence-corrected chi connectivity index (χ4v) is 4.07. The van der Waals surface area contributed by atoms with E-state index in [9.17, 15) is 9.90 Å². The molecule has 2 rings (SSSR count). The maximum Gasteiger partial charge on any atom is 0.277 e. The SMILES string of the molecule is COc1cc(/C=N/NC(=O)COc2ccc(C(C)(C)CC(C)(C)C)cc2)cc(Br)c1O. The predicted octanol–water partition coefficient (Wildman–Crippen LogP) is 5.41. The Morgan fingerprint density at radius 3 is 2.39 bits per heavy atom. The van der Waals surface area contributed by atoms with Crippen molar-refractivity contribution in [2.75, 3.05) is 13.7 Å². The molecule has 0 saturated heterocycles. The molecule has 0 spiro atoms. The van der Waals surface area contributed by atoms with E-state index in [-0.39, 0.29) is 29.1 Å². The fraction of sp³-hybridized carbons (Fsp3) is 0.417. The van der Waals surface area contributed by atoms with Crippen LogP contribution < -0.4 is 14.9 Å². The summed E-state index contributed by atoms with van der Waals surface area (Å²) < 4.78 is 11.1. The Bertz CT molecular complexity index is 932. The Morgan fingerprint density at radius 1 is 1.16 bits per heavy atom. The summed E-state index contributed by atoms with van der Waals surface area (Å²) in [7, 11) is 1.46. The van der Waals surface area contributed by atoms with Crippen LogP contribution in [0.15, 0.2) is 46.0 Å². The van der Waals surface area contributed by atoms with Crippen molar-refractivity contribution in [2.45, 2.75) is 46.5 Å². The average molecular weight is 491 g/mol. The van der Waals surface area contributed by atoms with Crippen LogP contribution in [0.1, 0.15) is 52.2 Å². The molecule has 6 nitrogen and oxygen atoms in total. The number of carbonyl (C=O) groups is 1. The molecule has 7 heteroatoms. The summed E-state index contributed by atoms with van der Waals surface area (Å²) in [4.78, 5) is 12.0. The number of nitrogens with zero attached hydrogens (tertiary/aromatic N) is 1. The van der Waals surface area contributed by atoms with Gasteiger partial charge >= 0.3 is 0 Å². The Kier molecular flexibility index (Phi) is 8.12. The Morgan fingerprint density at radius 2 is 1.81 bits per heavy atom. The molecule has 0 radical (unpaired) electrons. The first-order chi connectivity index (χ1) is 14.4. The van der Waals surface area contributed by atoms with Gasteiger partial charge in [-0.25, -0.2) is 5.43 Å². The second-order valence-corrected chi connectivity index (χ2v) is 10.1. The number of ether oxygens (including phenoxy) is 2. The summed E-state index contributed by atoms with van der Waals surface area (Å²) in [5.41, 5.74) is 4.59. The first-order valence-corrected chi connectivity index (χ1v) is 10.8. The van der Waals surface area contributed by atoms with Gasteiger partial charge in [-0.15, -0.1) is 0 Å². The van der Waals surface area contributed by atoms with Gasteiger partial charge in [0.1, 0.15) is 5.75 Å². The number of aromatic hydroxyl groups is 1. The number of hydrazone groups is 1. The van der Waals surface area contributed by atoms with Crippen molar-refractivity contribution < 1.29 is 19.4 Å². The van der Waals surface area contributed by atoms with Crippen molar-refractivity contribution in [1.29, 1.82) is 0 Å². The molecule has 0 bridgehead atoms. The molecule has 0 aliphatic heterocycles. The molecule has 1 amide bonds. The Labute approximate surface area is 192 Å². The zero-order valence-electron chi connectivity index (χ0n) is 19.0. The van der Waals surface area contributed by atoms with Gasteiger partial charge in [-0.1, -0.05) is 46.8 Å². The van der Waals surface area contributed by atoms with Gasteiger partial charge < -0.3 is 14.6 Å². The van der Waals surface area contributed by atoms with E-state index in [0.29, 0.717) is 21.5 Å². The average Bonchev–Trinajstić information content (AvgIpc) is 2.67. The van der Waals surface area contributed by atoms with Crippen LogP contribution in [0.25, 0.3) is 0 Å². The number of benzene rings is 2. The summed E-state index contributed by atoms with van der Waals surface area (Å²) in [6, 6.07) is 11.1. The van der Waals surface area contributed by atoms with Crippen molar-refractivity contribution in [3.8, 4) is 17.2 Å². The number of phenolic OH excluding ortho intramolecular Hbond substituents is 1. The molecule has 0 unspecified atom stereocenters. The number of halogens is 1. The Hall–Kier alpha value is -2.54. The standard InChI is InChI=1S/C24H31BrN2O4/c1-23(2,3)15-24(4,5)17-7-9-18(10-8-17)31-14-21(28)27-26-13-16-11-19(25)22(29)20(12-16)30-6/h7-13,29H,14-15H2,1-6H3,(H,27,28)/b26-13+. The van der Waals surface area contributed by atoms with E-state index in [1.54, 1.807) is 12.1 Å². The van der Waals surface area contributed by atoms with Crippen molar-refractivity contribution in [3.63, 3.8) is 0 Å². The molecule has 0 aromatic heterocycles. The van der Waals surface area contributed by atoms with E-state index >= 15 is 0 Å². The van der Waals surface area contributed by atoms with Gasteiger partial charge in [-0.3, -0.25) is 4.79 Å². The molecular formula is C24H31BrN2O4. The number of nitrogens with one attached hydrogen (secondary N) is 1. The van der Waals surface area contributed by atoms with E-state index in [1.807, 2.05) is 24.3 Å². The molecule has 2 N–H and O–H groups in total. The van der Waals surface area contributed by atoms with Gasteiger partial charge in [0, 0.05) is 0 Å². The summed E-state index contributed by atoms with van der Waals surface area (Å²) in [6.07, 6.45) is 2.51. The molecule has 2 aromatic carbocycles. The van der Waals surface area contributed by atoms with Crippen molar-refractivity contribution in [2.24, 2.45) is 10.5 Å². The van der Waals surface area contributed by atoms with Crippen LogP contribution in [0.3, 0.4) is 0 Å². The predicted molar refractivity (Wildman–Crippen MR) is 127 cm³/mol. The molecule has 0 heterocycles. The molecule has 0 saturated carbocycles. The maximum atomic E-state index is 12.0. The maximum absolute atomic E-state index is 12.0. The number of rotatable bonds is 8. The zero-order valence-corrected chi connectivity index (χ0v) is 20.5. The van der Waals surface area contributed by atoms with Crippen LogP contribution >= 0.6 is 15.9 Å². The van der Waals surface area contributed by atoms with E-state index in [1.165, 1.54) is 18.9 Å². The van der Waals surface area contributed by atoms with Crippen LogP contribution in [0, 0.1) is 5.41 Å². The van der Waals surface area contributed by atoms with Crippen LogP contribution in [0.4, 0.5) is 0 Å². The quantitative estimate of drug-likeness (QED) is 0.383. The third-order valence-corrected chi connectivity index (χ3v) is 5.26. The first kappa shape index (κ1) is 24.7. The lowest BCUT2D eigenvalue weighted by Crippen LogP contribution is -2.25. The highest BCUT2D eigenvalue weighted by Gasteiger charge is 2.27. The second-order valence-electron chi connectivity index (χ2n) is 9.28. The van der Waals surface area contributed by atoms with Crippen molar-refractivity contribution in [1.82, 2.24) is 5.43 Å². The van der Waals surface area contributed by atoms with Crippen molar-refractivity contribution in [3.05, 3.63) is 52.0 Å². The molecule has 0 aliphatic carbocycles. The molecule has 0 aliphatic rings. The summed E-state index contributed by atoms with van der Waals surface area (Å²) >= 11 is 3.24. The fourth-order valence-electron chi connectivity index (χ4n) is 3.61. The molecule has 31 heavy (non-hydrogen) atoms. The molecule has 0 fully saturated rings. The third kappa shape index (κ3) is 7.58. The smallest absolute Gasteiger partial charge is 0.277 e. The summed E-state index contributed by atoms with van der Waals surface area (Å²) in [5.74, 6) is 0.560. The van der Waals surface area contributed by atoms with Crippen LogP contribution in [0.5, 0.6) is 17.2 Å². The molecular weight excluding hydrogens is 460 g/mol. The first-order valence-electron chi connectivity index (χ1n) is 10.0. The van der Waals surface area contributed by atoms with E-state index < -0.39 is 0 Å². The molecule has 0 atom stereocenters. The largest absolute Gasteiger partial charge is 0.503 e. The minimum atomic E-state index is -0.377. The highest BCUT2D eigenvalue weighted by Crippen LogP contribution is 2.37. The minimum absolute atomic E-state index is 0.00453. The number of phenols is 1. The topological polar surface area (TPSA) is 80.2 Å². The van der Waals surface area contributed by atoms with Gasteiger partial charge in [-0.2, -0.15) is 5.10 Å². The zero-order chi connectivity index (χ0) is 23.2. The number of hydrogen-bond donors (Lipinski definition) is 2. The minimum Gasteiger partial charge on any atom is -0.503 e. The number of amides is 1. The van der Waals surface area contributed by atoms with Crippen LogP contribution in [-0.2, 0) is 10.2 Å². The van der Waals surface area contributed by atoms with Gasteiger partial charge in [-0.05, 0) is 68.6 Å².